The van der Waals surface area contributed by atoms with Gasteiger partial charge in [-0.15, -0.1) is 0 Å². The lowest BCUT2D eigenvalue weighted by Crippen LogP contribution is -2.39. The molecular formula is C20H28N2O5. The molecule has 0 aromatic carbocycles. The quantitative estimate of drug-likeness (QED) is 0.819. The van der Waals surface area contributed by atoms with Gasteiger partial charge < -0.3 is 19.4 Å². The third-order valence-corrected chi connectivity index (χ3v) is 5.33. The van der Waals surface area contributed by atoms with E-state index >= 15 is 0 Å². The first-order chi connectivity index (χ1) is 13.0. The summed E-state index contributed by atoms with van der Waals surface area (Å²) < 4.78 is 10.9. The molecule has 1 unspecified atom stereocenters. The normalized spacial score (nSPS) is 20.6. The van der Waals surface area contributed by atoms with Crippen LogP contribution in [-0.4, -0.2) is 49.1 Å². The predicted molar refractivity (Wildman–Crippen MR) is 99.6 cm³/mol. The summed E-state index contributed by atoms with van der Waals surface area (Å²) >= 11 is 0. The van der Waals surface area contributed by atoms with Crippen LogP contribution in [0.5, 0.6) is 0 Å². The molecule has 2 amide bonds. The maximum atomic E-state index is 12.5. The number of carbonyl (C=O) groups is 2. The molecule has 2 aliphatic heterocycles. The van der Waals surface area contributed by atoms with E-state index < -0.39 is 0 Å². The summed E-state index contributed by atoms with van der Waals surface area (Å²) in [4.78, 5) is 37.8. The fraction of sp³-hybridized carbons (Fsp3) is 0.650. The molecule has 1 aromatic heterocycles. The van der Waals surface area contributed by atoms with Gasteiger partial charge in [0, 0.05) is 44.8 Å². The van der Waals surface area contributed by atoms with Crippen LogP contribution >= 0.6 is 0 Å². The van der Waals surface area contributed by atoms with Gasteiger partial charge in [-0.1, -0.05) is 0 Å². The van der Waals surface area contributed by atoms with E-state index in [1.807, 2.05) is 0 Å². The Morgan fingerprint density at radius 3 is 2.67 bits per heavy atom. The number of nitrogens with zero attached hydrogens (tertiary/aromatic N) is 1. The first-order valence-electron chi connectivity index (χ1n) is 9.80. The second-order valence-electron chi connectivity index (χ2n) is 7.48. The Kier molecular flexibility index (Phi) is 6.66. The fourth-order valence-electron chi connectivity index (χ4n) is 3.75. The van der Waals surface area contributed by atoms with E-state index in [0.717, 1.165) is 38.7 Å². The number of rotatable bonds is 6. The lowest BCUT2D eigenvalue weighted by Gasteiger charge is -2.31. The predicted octanol–water partition coefficient (Wildman–Crippen LogP) is 1.88. The summed E-state index contributed by atoms with van der Waals surface area (Å²) in [5.41, 5.74) is -0.217. The van der Waals surface area contributed by atoms with Gasteiger partial charge in [0.2, 0.25) is 5.91 Å². The van der Waals surface area contributed by atoms with E-state index in [2.05, 4.69) is 5.32 Å². The number of nitrogens with one attached hydrogen (secondary N) is 1. The van der Waals surface area contributed by atoms with Crippen LogP contribution < -0.4 is 10.7 Å². The Bertz CT molecular complexity index is 715. The summed E-state index contributed by atoms with van der Waals surface area (Å²) in [5.74, 6) is 0.822. The molecule has 0 aliphatic carbocycles. The van der Waals surface area contributed by atoms with Crippen molar-refractivity contribution in [3.05, 3.63) is 33.9 Å². The molecule has 1 atom stereocenters. The van der Waals surface area contributed by atoms with Crippen molar-refractivity contribution >= 4 is 11.8 Å². The molecule has 7 nitrogen and oxygen atoms in total. The van der Waals surface area contributed by atoms with Crippen LogP contribution in [0.4, 0.5) is 0 Å². The van der Waals surface area contributed by atoms with Crippen molar-refractivity contribution in [3.8, 4) is 0 Å². The van der Waals surface area contributed by atoms with Crippen molar-refractivity contribution < 1.29 is 18.7 Å². The van der Waals surface area contributed by atoms with Gasteiger partial charge in [0.1, 0.15) is 5.76 Å². The topological polar surface area (TPSA) is 88.9 Å². The first kappa shape index (κ1) is 19.6. The molecule has 2 aliphatic rings. The molecule has 0 bridgehead atoms. The highest BCUT2D eigenvalue weighted by Crippen LogP contribution is 2.23. The van der Waals surface area contributed by atoms with Crippen molar-refractivity contribution in [2.75, 3.05) is 26.2 Å². The molecule has 3 heterocycles. The Morgan fingerprint density at radius 1 is 1.22 bits per heavy atom. The van der Waals surface area contributed by atoms with Crippen molar-refractivity contribution in [3.63, 3.8) is 0 Å². The third kappa shape index (κ3) is 5.66. The molecule has 3 rings (SSSR count). The Hall–Kier alpha value is -2.15. The van der Waals surface area contributed by atoms with E-state index in [4.69, 9.17) is 9.15 Å². The Balaban J connectivity index is 1.38. The van der Waals surface area contributed by atoms with E-state index in [0.29, 0.717) is 37.7 Å². The van der Waals surface area contributed by atoms with Crippen LogP contribution in [0.2, 0.25) is 0 Å². The number of ether oxygens (including phenoxy) is 1. The minimum absolute atomic E-state index is 0.0746. The molecule has 7 heteroatoms. The molecule has 2 saturated heterocycles. The summed E-state index contributed by atoms with van der Waals surface area (Å²) in [6.45, 7) is 4.31. The van der Waals surface area contributed by atoms with Gasteiger partial charge in [-0.2, -0.15) is 0 Å². The van der Waals surface area contributed by atoms with Gasteiger partial charge in [-0.25, -0.2) is 0 Å². The maximum Gasteiger partial charge on any atom is 0.289 e. The van der Waals surface area contributed by atoms with Gasteiger partial charge in [0.05, 0.1) is 6.10 Å². The SMILES string of the molecule is Cc1cc(=O)cc(C(=O)N2CCC(CCC(=O)NCC3CCCO3)CC2)o1. The van der Waals surface area contributed by atoms with Gasteiger partial charge in [-0.3, -0.25) is 14.4 Å². The highest BCUT2D eigenvalue weighted by molar-refractivity contribution is 5.91. The molecular weight excluding hydrogens is 348 g/mol. The minimum Gasteiger partial charge on any atom is -0.456 e. The Morgan fingerprint density at radius 2 is 2.00 bits per heavy atom. The lowest BCUT2D eigenvalue weighted by atomic mass is 9.92. The van der Waals surface area contributed by atoms with Crippen LogP contribution in [0.3, 0.4) is 0 Å². The summed E-state index contributed by atoms with van der Waals surface area (Å²) in [6.07, 6.45) is 5.33. The van der Waals surface area contributed by atoms with E-state index in [1.165, 1.54) is 12.1 Å². The molecule has 0 radical (unpaired) electrons. The number of aryl methyl sites for hydroxylation is 1. The molecule has 1 aromatic rings. The zero-order valence-corrected chi connectivity index (χ0v) is 15.9. The summed E-state index contributed by atoms with van der Waals surface area (Å²) in [5, 5.41) is 2.95. The number of hydrogen-bond acceptors (Lipinski definition) is 5. The molecule has 0 spiro atoms. The van der Waals surface area contributed by atoms with Gasteiger partial charge in [-0.05, 0) is 44.9 Å². The van der Waals surface area contributed by atoms with Gasteiger partial charge in [0.15, 0.2) is 11.2 Å². The van der Waals surface area contributed by atoms with Crippen LogP contribution in [0.25, 0.3) is 0 Å². The van der Waals surface area contributed by atoms with Crippen LogP contribution in [0, 0.1) is 12.8 Å². The lowest BCUT2D eigenvalue weighted by molar-refractivity contribution is -0.122. The standard InChI is InChI=1S/C20H28N2O5/c1-14-11-16(23)12-18(27-14)20(25)22-8-6-15(7-9-22)4-5-19(24)21-13-17-3-2-10-26-17/h11-12,15,17H,2-10,13H2,1H3,(H,21,24). The highest BCUT2D eigenvalue weighted by Gasteiger charge is 2.25. The Labute approximate surface area is 159 Å². The fourth-order valence-corrected chi connectivity index (χ4v) is 3.75. The van der Waals surface area contributed by atoms with E-state index in [9.17, 15) is 14.4 Å². The average Bonchev–Trinajstić information content (AvgIpc) is 3.17. The first-order valence-corrected chi connectivity index (χ1v) is 9.80. The smallest absolute Gasteiger partial charge is 0.289 e. The average molecular weight is 376 g/mol. The zero-order chi connectivity index (χ0) is 19.2. The van der Waals surface area contributed by atoms with Crippen LogP contribution in [-0.2, 0) is 9.53 Å². The third-order valence-electron chi connectivity index (χ3n) is 5.33. The summed E-state index contributed by atoms with van der Waals surface area (Å²) in [7, 11) is 0. The highest BCUT2D eigenvalue weighted by atomic mass is 16.5. The van der Waals surface area contributed by atoms with Gasteiger partial charge in [0.25, 0.3) is 5.91 Å². The molecule has 1 N–H and O–H groups in total. The number of amides is 2. The monoisotopic (exact) mass is 376 g/mol. The summed E-state index contributed by atoms with van der Waals surface area (Å²) in [6, 6.07) is 2.62. The number of hydrogen-bond donors (Lipinski definition) is 1. The minimum atomic E-state index is -0.233. The number of piperidine rings is 1. The van der Waals surface area contributed by atoms with E-state index in [-0.39, 0.29) is 29.1 Å². The van der Waals surface area contributed by atoms with Crippen molar-refractivity contribution in [1.82, 2.24) is 10.2 Å². The largest absolute Gasteiger partial charge is 0.456 e. The molecule has 27 heavy (non-hydrogen) atoms. The van der Waals surface area contributed by atoms with Gasteiger partial charge >= 0.3 is 0 Å². The van der Waals surface area contributed by atoms with Crippen molar-refractivity contribution in [2.24, 2.45) is 5.92 Å². The zero-order valence-electron chi connectivity index (χ0n) is 15.9. The second-order valence-corrected chi connectivity index (χ2v) is 7.48. The maximum absolute atomic E-state index is 12.5. The van der Waals surface area contributed by atoms with E-state index in [1.54, 1.807) is 11.8 Å². The number of likely N-dealkylation sites (tertiary alicyclic amines) is 1. The van der Waals surface area contributed by atoms with Crippen molar-refractivity contribution in [2.45, 2.75) is 51.6 Å². The van der Waals surface area contributed by atoms with Crippen LogP contribution in [0.15, 0.2) is 21.3 Å². The van der Waals surface area contributed by atoms with Crippen molar-refractivity contribution in [1.29, 1.82) is 0 Å². The molecule has 0 saturated carbocycles. The number of carbonyl (C=O) groups excluding carboxylic acids is 2. The molecule has 148 valence electrons. The molecule has 2 fully saturated rings. The second kappa shape index (κ2) is 9.17. The van der Waals surface area contributed by atoms with Crippen LogP contribution in [0.1, 0.15) is 54.8 Å².